The van der Waals surface area contributed by atoms with E-state index >= 15 is 0 Å². The van der Waals surface area contributed by atoms with Crippen LogP contribution in [0, 0.1) is 0 Å². The van der Waals surface area contributed by atoms with Gasteiger partial charge in [-0.1, -0.05) is 13.3 Å². The normalized spacial score (nSPS) is 10.5. The van der Waals surface area contributed by atoms with Gasteiger partial charge in [0.1, 0.15) is 11.5 Å². The van der Waals surface area contributed by atoms with Gasteiger partial charge in [0.25, 0.3) is 5.56 Å². The van der Waals surface area contributed by atoms with Gasteiger partial charge in [0.15, 0.2) is 0 Å². The van der Waals surface area contributed by atoms with Gasteiger partial charge in [-0.2, -0.15) is 0 Å². The number of amides is 1. The molecule has 4 N–H and O–H groups in total. The number of rotatable bonds is 8. The van der Waals surface area contributed by atoms with Gasteiger partial charge in [-0.25, -0.2) is 4.79 Å². The van der Waals surface area contributed by atoms with Crippen molar-refractivity contribution in [2.45, 2.75) is 40.2 Å². The Morgan fingerprint density at radius 1 is 1.32 bits per heavy atom. The fourth-order valence-corrected chi connectivity index (χ4v) is 2.20. The van der Waals surface area contributed by atoms with E-state index in [0.29, 0.717) is 19.6 Å². The molecule has 0 atom stereocenters. The van der Waals surface area contributed by atoms with Gasteiger partial charge in [-0.15, -0.1) is 0 Å². The number of nitrogens with two attached hydrogens (primary N) is 1. The van der Waals surface area contributed by atoms with Crippen LogP contribution in [-0.2, 0) is 11.3 Å². The molecule has 0 unspecified atom stereocenters. The minimum atomic E-state index is -0.568. The van der Waals surface area contributed by atoms with Crippen LogP contribution in [0.5, 0.6) is 0 Å². The molecule has 0 aliphatic rings. The van der Waals surface area contributed by atoms with Crippen LogP contribution in [0.4, 0.5) is 11.5 Å². The van der Waals surface area contributed by atoms with Crippen molar-refractivity contribution in [1.29, 1.82) is 0 Å². The minimum absolute atomic E-state index is 0.0175. The van der Waals surface area contributed by atoms with E-state index < -0.39 is 11.2 Å². The Kier molecular flexibility index (Phi) is 6.68. The third-order valence-electron chi connectivity index (χ3n) is 3.36. The van der Waals surface area contributed by atoms with Crippen LogP contribution in [0.2, 0.25) is 0 Å². The lowest BCUT2D eigenvalue weighted by Crippen LogP contribution is -2.43. The Hall–Kier alpha value is -2.25. The number of hydrogen-bond acceptors (Lipinski definition) is 5. The summed E-state index contributed by atoms with van der Waals surface area (Å²) in [5, 5.41) is 2.68. The minimum Gasteiger partial charge on any atom is -0.383 e. The first-order valence-corrected chi connectivity index (χ1v) is 7.60. The van der Waals surface area contributed by atoms with Gasteiger partial charge in [-0.3, -0.25) is 19.1 Å². The molecular weight excluding hydrogens is 286 g/mol. The van der Waals surface area contributed by atoms with E-state index in [1.807, 2.05) is 20.8 Å². The highest BCUT2D eigenvalue weighted by molar-refractivity contribution is 5.82. The van der Waals surface area contributed by atoms with Crippen LogP contribution in [0.1, 0.15) is 33.6 Å². The van der Waals surface area contributed by atoms with Crippen LogP contribution in [0.15, 0.2) is 9.59 Å². The Bertz CT molecular complexity index is 620. The Morgan fingerprint density at radius 2 is 2.00 bits per heavy atom. The van der Waals surface area contributed by atoms with Crippen molar-refractivity contribution < 1.29 is 4.79 Å². The zero-order valence-electron chi connectivity index (χ0n) is 13.4. The SMILES string of the molecule is CCCCn1c(N)c(N(CC)CC(=O)NCC)c(=O)[nH]c1=O. The molecule has 1 heterocycles. The lowest BCUT2D eigenvalue weighted by atomic mass is 10.3. The number of nitrogens with one attached hydrogen (secondary N) is 2. The first-order valence-electron chi connectivity index (χ1n) is 7.60. The fourth-order valence-electron chi connectivity index (χ4n) is 2.20. The van der Waals surface area contributed by atoms with Crippen molar-refractivity contribution in [3.8, 4) is 0 Å². The summed E-state index contributed by atoms with van der Waals surface area (Å²) < 4.78 is 1.35. The number of carbonyl (C=O) groups excluding carboxylic acids is 1. The van der Waals surface area contributed by atoms with Gasteiger partial charge in [0.2, 0.25) is 5.91 Å². The predicted molar refractivity (Wildman–Crippen MR) is 87.2 cm³/mol. The number of carbonyl (C=O) groups is 1. The largest absolute Gasteiger partial charge is 0.383 e. The molecule has 1 rings (SSSR count). The average molecular weight is 311 g/mol. The molecule has 22 heavy (non-hydrogen) atoms. The van der Waals surface area contributed by atoms with Crippen molar-refractivity contribution in [3.05, 3.63) is 20.8 Å². The maximum Gasteiger partial charge on any atom is 0.330 e. The van der Waals surface area contributed by atoms with Crippen molar-refractivity contribution in [1.82, 2.24) is 14.9 Å². The van der Waals surface area contributed by atoms with Gasteiger partial charge in [-0.05, 0) is 20.3 Å². The van der Waals surface area contributed by atoms with E-state index in [4.69, 9.17) is 5.73 Å². The standard InChI is InChI=1S/C14H25N5O3/c1-4-7-8-19-12(15)11(13(21)17-14(19)22)18(6-3)9-10(20)16-5-2/h4-9,15H2,1-3H3,(H,16,20)(H,17,21,22). The van der Waals surface area contributed by atoms with E-state index in [9.17, 15) is 14.4 Å². The first-order chi connectivity index (χ1) is 10.5. The zero-order chi connectivity index (χ0) is 16.7. The molecule has 1 aromatic heterocycles. The maximum atomic E-state index is 12.1. The maximum absolute atomic E-state index is 12.1. The second-order valence-corrected chi connectivity index (χ2v) is 4.97. The molecule has 1 aromatic rings. The van der Waals surface area contributed by atoms with E-state index in [1.54, 1.807) is 4.90 Å². The van der Waals surface area contributed by atoms with Gasteiger partial charge in [0.05, 0.1) is 6.54 Å². The Labute approximate surface area is 129 Å². The number of anilines is 2. The molecule has 0 aliphatic heterocycles. The lowest BCUT2D eigenvalue weighted by molar-refractivity contribution is -0.119. The number of aromatic amines is 1. The molecule has 0 saturated heterocycles. The number of likely N-dealkylation sites (N-methyl/N-ethyl adjacent to an activating group) is 2. The molecular formula is C14H25N5O3. The fraction of sp³-hybridized carbons (Fsp3) is 0.643. The molecule has 8 heteroatoms. The van der Waals surface area contributed by atoms with Crippen molar-refractivity contribution in [3.63, 3.8) is 0 Å². The number of nitrogen functional groups attached to an aromatic ring is 1. The lowest BCUT2D eigenvalue weighted by Gasteiger charge is -2.24. The topological polar surface area (TPSA) is 113 Å². The quantitative estimate of drug-likeness (QED) is 0.619. The highest BCUT2D eigenvalue weighted by Gasteiger charge is 2.19. The molecule has 1 amide bonds. The number of nitrogens with zero attached hydrogens (tertiary/aromatic N) is 2. The van der Waals surface area contributed by atoms with Crippen LogP contribution in [-0.4, -0.2) is 35.1 Å². The summed E-state index contributed by atoms with van der Waals surface area (Å²) in [4.78, 5) is 39.6. The van der Waals surface area contributed by atoms with Gasteiger partial charge >= 0.3 is 5.69 Å². The molecule has 0 spiro atoms. The van der Waals surface area contributed by atoms with Crippen molar-refractivity contribution >= 4 is 17.4 Å². The van der Waals surface area contributed by atoms with Gasteiger partial charge < -0.3 is 16.0 Å². The number of unbranched alkanes of at least 4 members (excludes halogenated alkanes) is 1. The summed E-state index contributed by atoms with van der Waals surface area (Å²) in [5.74, 6) is -0.0946. The molecule has 0 fully saturated rings. The molecule has 0 radical (unpaired) electrons. The second kappa shape index (κ2) is 8.26. The van der Waals surface area contributed by atoms with Crippen LogP contribution in [0.25, 0.3) is 0 Å². The van der Waals surface area contributed by atoms with E-state index in [1.165, 1.54) is 4.57 Å². The predicted octanol–water partition coefficient (Wildman–Crippen LogP) is -0.119. The van der Waals surface area contributed by atoms with Crippen LogP contribution < -0.4 is 27.2 Å². The van der Waals surface area contributed by atoms with Gasteiger partial charge in [0, 0.05) is 19.6 Å². The third kappa shape index (κ3) is 4.12. The molecule has 0 aliphatic carbocycles. The second-order valence-electron chi connectivity index (χ2n) is 4.97. The number of H-pyrrole nitrogens is 1. The highest BCUT2D eigenvalue weighted by Crippen LogP contribution is 2.16. The molecule has 0 saturated carbocycles. The average Bonchev–Trinajstić information content (AvgIpc) is 2.45. The third-order valence-corrected chi connectivity index (χ3v) is 3.36. The Balaban J connectivity index is 3.23. The van der Waals surface area contributed by atoms with Crippen LogP contribution in [0.3, 0.4) is 0 Å². The summed E-state index contributed by atoms with van der Waals surface area (Å²) in [6, 6.07) is 0. The van der Waals surface area contributed by atoms with Crippen LogP contribution >= 0.6 is 0 Å². The summed E-state index contributed by atoms with van der Waals surface area (Å²) in [6.07, 6.45) is 1.68. The molecule has 0 aromatic carbocycles. The van der Waals surface area contributed by atoms with Crippen molar-refractivity contribution in [2.75, 3.05) is 30.3 Å². The number of hydrogen-bond donors (Lipinski definition) is 3. The summed E-state index contributed by atoms with van der Waals surface area (Å²) in [6.45, 7) is 7.03. The molecule has 8 nitrogen and oxygen atoms in total. The Morgan fingerprint density at radius 3 is 2.55 bits per heavy atom. The van der Waals surface area contributed by atoms with E-state index in [0.717, 1.165) is 12.8 Å². The summed E-state index contributed by atoms with van der Waals surface area (Å²) in [5.41, 5.74) is 5.10. The zero-order valence-corrected chi connectivity index (χ0v) is 13.4. The van der Waals surface area contributed by atoms with E-state index in [2.05, 4.69) is 10.3 Å². The summed E-state index contributed by atoms with van der Waals surface area (Å²) >= 11 is 0. The monoisotopic (exact) mass is 311 g/mol. The smallest absolute Gasteiger partial charge is 0.330 e. The van der Waals surface area contributed by atoms with Crippen molar-refractivity contribution in [2.24, 2.45) is 0 Å². The van der Waals surface area contributed by atoms with E-state index in [-0.39, 0.29) is 24.0 Å². The molecule has 0 bridgehead atoms. The highest BCUT2D eigenvalue weighted by atomic mass is 16.2. The molecule has 124 valence electrons. The summed E-state index contributed by atoms with van der Waals surface area (Å²) in [7, 11) is 0. The number of aromatic nitrogens is 2. The first kappa shape index (κ1) is 17.8.